The molecule has 2 aromatic heterocycles. The van der Waals surface area contributed by atoms with E-state index in [0.717, 1.165) is 40.8 Å². The Morgan fingerprint density at radius 3 is 2.07 bits per heavy atom. The number of esters is 5. The number of carbonyl (C=O) groups excluding carboxylic acids is 8. The number of nitrogens with one attached hydrogen (secondary N) is 4. The predicted molar refractivity (Wildman–Crippen MR) is 269 cm³/mol. The van der Waals surface area contributed by atoms with Crippen LogP contribution < -0.4 is 20.7 Å². The topological polar surface area (TPSA) is 306 Å². The first kappa shape index (κ1) is 58.6. The van der Waals surface area contributed by atoms with E-state index in [1.165, 1.54) is 25.1 Å². The Kier molecular flexibility index (Phi) is 19.7. The van der Waals surface area contributed by atoms with Gasteiger partial charge in [-0.15, -0.1) is 11.3 Å². The molecule has 404 valence electrons. The van der Waals surface area contributed by atoms with Gasteiger partial charge in [-0.1, -0.05) is 20.8 Å². The maximum absolute atomic E-state index is 13.3. The van der Waals surface area contributed by atoms with Crippen LogP contribution in [0.5, 0.6) is 5.75 Å². The van der Waals surface area contributed by atoms with Crippen molar-refractivity contribution in [3.63, 3.8) is 0 Å². The van der Waals surface area contributed by atoms with E-state index in [0.29, 0.717) is 70.3 Å². The number of sulfone groups is 2. The first-order chi connectivity index (χ1) is 34.7. The molecule has 5 rings (SSSR count). The number of amides is 2. The molecule has 0 fully saturated rings. The number of hydrogen-bond donors (Lipinski definition) is 4. The summed E-state index contributed by atoms with van der Waals surface area (Å²) >= 11 is 0.553. The minimum Gasteiger partial charge on any atom is -0.452 e. The second-order valence-electron chi connectivity index (χ2n) is 17.7. The summed E-state index contributed by atoms with van der Waals surface area (Å²) in [5.41, 5.74) is 3.70. The molecule has 0 unspecified atom stereocenters. The summed E-state index contributed by atoms with van der Waals surface area (Å²) in [6.07, 6.45) is -5.67. The van der Waals surface area contributed by atoms with E-state index in [2.05, 4.69) is 25.8 Å². The number of anilines is 1. The molecule has 0 saturated heterocycles. The Hall–Kier alpha value is -6.28. The molecule has 2 aliphatic heterocycles. The van der Waals surface area contributed by atoms with Crippen molar-refractivity contribution in [1.29, 1.82) is 0 Å². The number of H-pyrrole nitrogens is 1. The maximum Gasteiger partial charge on any atom is 0.347 e. The average molecular weight is 1090 g/mol. The molecule has 6 atom stereocenters. The fraction of sp³-hybridized carbons (Fsp3) is 0.510. The van der Waals surface area contributed by atoms with Crippen LogP contribution in [-0.4, -0.2) is 142 Å². The van der Waals surface area contributed by atoms with Crippen LogP contribution in [0, 0.1) is 13.8 Å². The highest BCUT2D eigenvalue weighted by Crippen LogP contribution is 2.43. The van der Waals surface area contributed by atoms with Gasteiger partial charge in [-0.05, 0) is 116 Å². The third kappa shape index (κ3) is 14.1. The molecular formula is C49H63N5O17S3. The number of thiophene rings is 1. The molecule has 2 amide bonds. The number of rotatable bonds is 24. The molecule has 0 radical (unpaired) electrons. The number of carbonyl (C=O) groups is 8. The molecule has 0 spiro atoms. The molecule has 25 heteroatoms. The van der Waals surface area contributed by atoms with Gasteiger partial charge in [-0.3, -0.25) is 24.0 Å². The Morgan fingerprint density at radius 2 is 1.46 bits per heavy atom. The highest BCUT2D eigenvalue weighted by molar-refractivity contribution is 7.96. The SMILES string of the molecule is CCN[C@H]1C[C@H](C)S(=O)(=O)c2sc(S(=O)(=O)CC(=O)[C@H](C)OC(=O)[C@@H](C)OC(=O)[C@@H](C)OC(=O)[C@@H](C)OC(=O)CCC(=O)Oc3ccc4c(c3)/C(=C/c3[nH]c(C)c(C(=O)NCCN(CC)CC)c3C)C(=O)N4)cc21. The van der Waals surface area contributed by atoms with E-state index in [1.807, 2.05) is 20.8 Å². The van der Waals surface area contributed by atoms with Crippen LogP contribution in [0.25, 0.3) is 11.6 Å². The van der Waals surface area contributed by atoms with Crippen LogP contribution in [-0.2, 0) is 72.2 Å². The van der Waals surface area contributed by atoms with E-state index < -0.39 is 116 Å². The van der Waals surface area contributed by atoms with Gasteiger partial charge in [0.1, 0.15) is 19.9 Å². The van der Waals surface area contributed by atoms with Crippen molar-refractivity contribution in [2.24, 2.45) is 0 Å². The highest BCUT2D eigenvalue weighted by Gasteiger charge is 2.40. The molecule has 0 bridgehead atoms. The minimum absolute atomic E-state index is 0.0643. The molecule has 74 heavy (non-hydrogen) atoms. The highest BCUT2D eigenvalue weighted by atomic mass is 32.3. The van der Waals surface area contributed by atoms with E-state index in [-0.39, 0.29) is 32.1 Å². The Labute approximate surface area is 433 Å². The molecule has 4 heterocycles. The fourth-order valence-corrected chi connectivity index (χ4v) is 13.4. The summed E-state index contributed by atoms with van der Waals surface area (Å²) in [5.74, 6) is -8.25. The van der Waals surface area contributed by atoms with Gasteiger partial charge in [0.2, 0.25) is 0 Å². The molecule has 3 aromatic rings. The second kappa shape index (κ2) is 24.8. The number of nitrogens with zero attached hydrogens (tertiary/aromatic N) is 1. The lowest BCUT2D eigenvalue weighted by molar-refractivity contribution is -0.183. The third-order valence-electron chi connectivity index (χ3n) is 12.3. The first-order valence-corrected chi connectivity index (χ1v) is 28.0. The van der Waals surface area contributed by atoms with E-state index >= 15 is 0 Å². The summed E-state index contributed by atoms with van der Waals surface area (Å²) in [6.45, 7) is 18.8. The van der Waals surface area contributed by atoms with E-state index in [1.54, 1.807) is 26.0 Å². The summed E-state index contributed by atoms with van der Waals surface area (Å²) in [4.78, 5) is 108. The van der Waals surface area contributed by atoms with Crippen LogP contribution >= 0.6 is 11.3 Å². The average Bonchev–Trinajstić information content (AvgIpc) is 4.02. The van der Waals surface area contributed by atoms with Gasteiger partial charge in [0, 0.05) is 41.8 Å². The van der Waals surface area contributed by atoms with Crippen molar-refractivity contribution < 1.29 is 78.9 Å². The smallest absolute Gasteiger partial charge is 0.347 e. The van der Waals surface area contributed by atoms with Crippen molar-refractivity contribution in [2.75, 3.05) is 43.8 Å². The quantitative estimate of drug-likeness (QED) is 0.0427. The number of Topliss-reactive ketones (excluding diaryl/α,β-unsaturated/α-hetero) is 1. The molecular weight excluding hydrogens is 1030 g/mol. The largest absolute Gasteiger partial charge is 0.452 e. The lowest BCUT2D eigenvalue weighted by Crippen LogP contribution is -2.38. The van der Waals surface area contributed by atoms with Gasteiger partial charge < -0.3 is 49.5 Å². The lowest BCUT2D eigenvalue weighted by Gasteiger charge is -2.27. The third-order valence-corrected chi connectivity index (χ3v) is 18.4. The summed E-state index contributed by atoms with van der Waals surface area (Å²) < 4.78 is 77.8. The number of aromatic amines is 1. The van der Waals surface area contributed by atoms with E-state index in [9.17, 15) is 55.2 Å². The van der Waals surface area contributed by atoms with Gasteiger partial charge in [0.25, 0.3) is 11.8 Å². The van der Waals surface area contributed by atoms with Crippen molar-refractivity contribution in [1.82, 2.24) is 20.5 Å². The molecule has 4 N–H and O–H groups in total. The zero-order chi connectivity index (χ0) is 55.0. The Balaban J connectivity index is 1.06. The van der Waals surface area contributed by atoms with Crippen LogP contribution in [0.2, 0.25) is 0 Å². The van der Waals surface area contributed by atoms with Gasteiger partial charge in [-0.25, -0.2) is 31.2 Å². The zero-order valence-electron chi connectivity index (χ0n) is 42.8. The van der Waals surface area contributed by atoms with Crippen LogP contribution in [0.15, 0.2) is 32.7 Å². The fourth-order valence-electron chi connectivity index (χ4n) is 7.96. The molecule has 0 aliphatic carbocycles. The van der Waals surface area contributed by atoms with Crippen LogP contribution in [0.1, 0.15) is 119 Å². The van der Waals surface area contributed by atoms with Gasteiger partial charge in [0.05, 0.1) is 29.2 Å². The Bertz CT molecular complexity index is 2940. The number of benzene rings is 1. The zero-order valence-corrected chi connectivity index (χ0v) is 45.3. The second-order valence-corrected chi connectivity index (χ2v) is 23.6. The van der Waals surface area contributed by atoms with Gasteiger partial charge in [0.15, 0.2) is 49.9 Å². The summed E-state index contributed by atoms with van der Waals surface area (Å²) in [5, 5.41) is 8.11. The van der Waals surface area contributed by atoms with Crippen LogP contribution in [0.3, 0.4) is 0 Å². The summed E-state index contributed by atoms with van der Waals surface area (Å²) in [6, 6.07) is 5.31. The standard InChI is InChI=1S/C49H63N5O17S3/c1-11-50-38-20-25(4)74(65,66)49-35(38)23-42(72-49)73(63,64)24-39(55)28(7)68-47(61)30(9)70-48(62)31(10)69-46(60)29(8)67-40(56)16-17-41(57)71-32-14-15-36-33(21-32)34(44(58)53-36)22-37-26(5)43(27(6)52-37)45(59)51-18-19-54(12-2)13-3/h14-15,21-23,25,28-31,38,50,52H,11-13,16-20,24H2,1-10H3,(H,51,59)(H,53,58)/b34-22-/t25-,28-,29+,30+,31+,38-/m0/s1. The van der Waals surface area contributed by atoms with Crippen molar-refractivity contribution in [3.8, 4) is 5.75 Å². The predicted octanol–water partition coefficient (Wildman–Crippen LogP) is 3.93. The number of aromatic nitrogens is 1. The van der Waals surface area contributed by atoms with Crippen molar-refractivity contribution >= 4 is 95.8 Å². The molecule has 0 saturated carbocycles. The van der Waals surface area contributed by atoms with E-state index in [4.69, 9.17) is 23.7 Å². The van der Waals surface area contributed by atoms with Crippen molar-refractivity contribution in [3.05, 3.63) is 57.9 Å². The number of likely N-dealkylation sites (N-methyl/N-ethyl adjacent to an activating group) is 1. The first-order valence-electron chi connectivity index (χ1n) is 24.0. The molecule has 2 aliphatic rings. The van der Waals surface area contributed by atoms with Gasteiger partial charge in [-0.2, -0.15) is 0 Å². The normalized spacial score (nSPS) is 18.0. The minimum atomic E-state index is -4.38. The monoisotopic (exact) mass is 1090 g/mol. The molecule has 1 aromatic carbocycles. The number of aryl methyl sites for hydroxylation is 1. The Morgan fingerprint density at radius 1 is 0.865 bits per heavy atom. The van der Waals surface area contributed by atoms with Crippen LogP contribution in [0.4, 0.5) is 5.69 Å². The number of ether oxygens (including phenoxy) is 5. The number of hydrogen-bond acceptors (Lipinski definition) is 20. The number of fused-ring (bicyclic) bond motifs is 2. The number of ketones is 1. The maximum atomic E-state index is 13.3. The van der Waals surface area contributed by atoms with Gasteiger partial charge >= 0.3 is 29.8 Å². The van der Waals surface area contributed by atoms with Crippen molar-refractivity contribution in [2.45, 2.75) is 133 Å². The molecule has 22 nitrogen and oxygen atoms in total. The lowest BCUT2D eigenvalue weighted by atomic mass is 10.0. The summed E-state index contributed by atoms with van der Waals surface area (Å²) in [7, 11) is -8.18.